The number of benzene rings is 2. The van der Waals surface area contributed by atoms with Crippen molar-refractivity contribution in [2.45, 2.75) is 20.3 Å². The molecule has 0 unspecified atom stereocenters. The van der Waals surface area contributed by atoms with Gasteiger partial charge in [-0.05, 0) is 37.6 Å². The lowest BCUT2D eigenvalue weighted by Gasteiger charge is -2.24. The molecule has 2 N–H and O–H groups in total. The molecule has 110 valence electrons. The summed E-state index contributed by atoms with van der Waals surface area (Å²) in [5.74, 6) is -0.878. The van der Waals surface area contributed by atoms with E-state index in [0.29, 0.717) is 17.9 Å². The molecule has 2 aromatic rings. The van der Waals surface area contributed by atoms with Crippen LogP contribution in [0.3, 0.4) is 0 Å². The van der Waals surface area contributed by atoms with Gasteiger partial charge in [-0.3, -0.25) is 4.79 Å². The molecule has 0 bridgehead atoms. The van der Waals surface area contributed by atoms with Gasteiger partial charge in [-0.2, -0.15) is 0 Å². The number of nitrogens with two attached hydrogens (primary N) is 1. The van der Waals surface area contributed by atoms with Crippen LogP contribution in [0, 0.1) is 12.7 Å². The summed E-state index contributed by atoms with van der Waals surface area (Å²) in [6.45, 7) is 4.28. The molecule has 0 radical (unpaired) electrons. The number of carbonyl (C=O) groups is 1. The SMILES string of the molecule is CCCN(C(=O)c1cc(C)ccc1F)c1ccccc1N. The average Bonchev–Trinajstić information content (AvgIpc) is 2.47. The molecule has 0 saturated carbocycles. The van der Waals surface area contributed by atoms with E-state index in [9.17, 15) is 9.18 Å². The Morgan fingerprint density at radius 2 is 1.95 bits per heavy atom. The third kappa shape index (κ3) is 3.21. The van der Waals surface area contributed by atoms with E-state index < -0.39 is 5.82 Å². The second kappa shape index (κ2) is 6.39. The second-order valence-electron chi connectivity index (χ2n) is 5.00. The normalized spacial score (nSPS) is 10.4. The predicted molar refractivity (Wildman–Crippen MR) is 84.0 cm³/mol. The number of nitrogens with zero attached hydrogens (tertiary/aromatic N) is 1. The number of carbonyl (C=O) groups excluding carboxylic acids is 1. The van der Waals surface area contributed by atoms with Gasteiger partial charge in [0.05, 0.1) is 16.9 Å². The Morgan fingerprint density at radius 3 is 2.62 bits per heavy atom. The number of aryl methyl sites for hydroxylation is 1. The zero-order valence-electron chi connectivity index (χ0n) is 12.3. The highest BCUT2D eigenvalue weighted by Crippen LogP contribution is 2.25. The Hall–Kier alpha value is -2.36. The molecule has 0 aliphatic rings. The van der Waals surface area contributed by atoms with Gasteiger partial charge in [-0.15, -0.1) is 0 Å². The maximum Gasteiger partial charge on any atom is 0.261 e. The van der Waals surface area contributed by atoms with Crippen molar-refractivity contribution in [3.8, 4) is 0 Å². The van der Waals surface area contributed by atoms with E-state index >= 15 is 0 Å². The van der Waals surface area contributed by atoms with Gasteiger partial charge in [0.15, 0.2) is 0 Å². The summed E-state index contributed by atoms with van der Waals surface area (Å²) < 4.78 is 14.0. The largest absolute Gasteiger partial charge is 0.397 e. The number of nitrogen functional groups attached to an aromatic ring is 1. The van der Waals surface area contributed by atoms with Crippen LogP contribution < -0.4 is 10.6 Å². The van der Waals surface area contributed by atoms with Crippen LogP contribution in [0.1, 0.15) is 29.3 Å². The van der Waals surface area contributed by atoms with Crippen LogP contribution in [0.4, 0.5) is 15.8 Å². The van der Waals surface area contributed by atoms with E-state index in [2.05, 4.69) is 0 Å². The van der Waals surface area contributed by atoms with E-state index in [4.69, 9.17) is 5.73 Å². The first-order valence-electron chi connectivity index (χ1n) is 6.97. The van der Waals surface area contributed by atoms with Crippen molar-refractivity contribution in [1.82, 2.24) is 0 Å². The minimum Gasteiger partial charge on any atom is -0.397 e. The third-order valence-electron chi connectivity index (χ3n) is 3.27. The van der Waals surface area contributed by atoms with Gasteiger partial charge in [0.1, 0.15) is 5.82 Å². The quantitative estimate of drug-likeness (QED) is 0.870. The van der Waals surface area contributed by atoms with Gasteiger partial charge in [0, 0.05) is 6.54 Å². The second-order valence-corrected chi connectivity index (χ2v) is 5.00. The molecular formula is C17H19FN2O. The van der Waals surface area contributed by atoms with Crippen molar-refractivity contribution in [2.24, 2.45) is 0 Å². The van der Waals surface area contributed by atoms with Crippen LogP contribution in [0.25, 0.3) is 0 Å². The zero-order chi connectivity index (χ0) is 15.4. The topological polar surface area (TPSA) is 46.3 Å². The first-order chi connectivity index (χ1) is 10.0. The fraction of sp³-hybridized carbons (Fsp3) is 0.235. The van der Waals surface area contributed by atoms with Crippen LogP contribution >= 0.6 is 0 Å². The molecule has 0 aliphatic heterocycles. The average molecular weight is 286 g/mol. The number of para-hydroxylation sites is 2. The van der Waals surface area contributed by atoms with E-state index in [1.54, 1.807) is 30.3 Å². The molecule has 21 heavy (non-hydrogen) atoms. The van der Waals surface area contributed by atoms with Crippen molar-refractivity contribution < 1.29 is 9.18 Å². The maximum absolute atomic E-state index is 14.0. The van der Waals surface area contributed by atoms with E-state index in [1.807, 2.05) is 19.9 Å². The smallest absolute Gasteiger partial charge is 0.261 e. The van der Waals surface area contributed by atoms with Crippen molar-refractivity contribution >= 4 is 17.3 Å². The number of halogens is 1. The molecule has 3 nitrogen and oxygen atoms in total. The first kappa shape index (κ1) is 15.0. The van der Waals surface area contributed by atoms with Crippen molar-refractivity contribution in [3.05, 3.63) is 59.4 Å². The summed E-state index contributed by atoms with van der Waals surface area (Å²) in [6.07, 6.45) is 0.757. The van der Waals surface area contributed by atoms with E-state index in [1.165, 1.54) is 11.0 Å². The molecule has 0 atom stereocenters. The standard InChI is InChI=1S/C17H19FN2O/c1-3-10-20(16-7-5-4-6-15(16)19)17(21)13-11-12(2)8-9-14(13)18/h4-9,11H,3,10,19H2,1-2H3. The lowest BCUT2D eigenvalue weighted by molar-refractivity contribution is 0.0983. The maximum atomic E-state index is 14.0. The molecule has 0 spiro atoms. The Labute approximate surface area is 124 Å². The Morgan fingerprint density at radius 1 is 1.24 bits per heavy atom. The number of hydrogen-bond donors (Lipinski definition) is 1. The van der Waals surface area contributed by atoms with Crippen molar-refractivity contribution in [3.63, 3.8) is 0 Å². The van der Waals surface area contributed by atoms with E-state index in [0.717, 1.165) is 12.0 Å². The summed E-state index contributed by atoms with van der Waals surface area (Å²) in [5.41, 5.74) is 7.99. The molecule has 2 aromatic carbocycles. The van der Waals surface area contributed by atoms with Crippen molar-refractivity contribution in [1.29, 1.82) is 0 Å². The van der Waals surface area contributed by atoms with Gasteiger partial charge in [-0.1, -0.05) is 30.7 Å². The van der Waals surface area contributed by atoms with E-state index in [-0.39, 0.29) is 11.5 Å². The highest BCUT2D eigenvalue weighted by atomic mass is 19.1. The van der Waals surface area contributed by atoms with Gasteiger partial charge in [0.2, 0.25) is 0 Å². The zero-order valence-corrected chi connectivity index (χ0v) is 12.3. The first-order valence-corrected chi connectivity index (χ1v) is 6.97. The van der Waals surface area contributed by atoms with Gasteiger partial charge >= 0.3 is 0 Å². The highest BCUT2D eigenvalue weighted by molar-refractivity contribution is 6.07. The molecule has 0 saturated heterocycles. The number of amides is 1. The van der Waals surface area contributed by atoms with Gasteiger partial charge in [0.25, 0.3) is 5.91 Å². The third-order valence-corrected chi connectivity index (χ3v) is 3.27. The summed E-state index contributed by atoms with van der Waals surface area (Å²) in [7, 11) is 0. The molecule has 0 fully saturated rings. The number of anilines is 2. The number of hydrogen-bond acceptors (Lipinski definition) is 2. The summed E-state index contributed by atoms with van der Waals surface area (Å²) in [6, 6.07) is 11.7. The molecule has 0 heterocycles. The van der Waals surface area contributed by atoms with Crippen molar-refractivity contribution in [2.75, 3.05) is 17.2 Å². The van der Waals surface area contributed by atoms with Crippen LogP contribution in [-0.4, -0.2) is 12.5 Å². The molecule has 0 aromatic heterocycles. The van der Waals surface area contributed by atoms with Crippen LogP contribution in [0.15, 0.2) is 42.5 Å². The minimum atomic E-state index is -0.513. The van der Waals surface area contributed by atoms with Gasteiger partial charge < -0.3 is 10.6 Å². The molecule has 1 amide bonds. The fourth-order valence-electron chi connectivity index (χ4n) is 2.24. The molecule has 4 heteroatoms. The van der Waals surface area contributed by atoms with Crippen LogP contribution in [0.2, 0.25) is 0 Å². The van der Waals surface area contributed by atoms with Gasteiger partial charge in [-0.25, -0.2) is 4.39 Å². The molecule has 2 rings (SSSR count). The van der Waals surface area contributed by atoms with Crippen LogP contribution in [0.5, 0.6) is 0 Å². The Balaban J connectivity index is 2.45. The Bertz CT molecular complexity index is 655. The summed E-state index contributed by atoms with van der Waals surface area (Å²) >= 11 is 0. The molecular weight excluding hydrogens is 267 g/mol. The Kier molecular flexibility index (Phi) is 4.58. The monoisotopic (exact) mass is 286 g/mol. The minimum absolute atomic E-state index is 0.0757. The summed E-state index contributed by atoms with van der Waals surface area (Å²) in [4.78, 5) is 14.2. The predicted octanol–water partition coefficient (Wildman–Crippen LogP) is 3.77. The summed E-state index contributed by atoms with van der Waals surface area (Å²) in [5, 5.41) is 0. The number of rotatable bonds is 4. The highest BCUT2D eigenvalue weighted by Gasteiger charge is 2.21. The molecule has 0 aliphatic carbocycles. The fourth-order valence-corrected chi connectivity index (χ4v) is 2.24. The lowest BCUT2D eigenvalue weighted by atomic mass is 10.1. The lowest BCUT2D eigenvalue weighted by Crippen LogP contribution is -2.33. The van der Waals surface area contributed by atoms with Crippen LogP contribution in [-0.2, 0) is 0 Å².